The standard InChI is InChI=1S/C13H18Cl3NO2/c1-3-4-17-10(7-18-2)8-19-13-11(15)5-9(14)6-12(13)16/h5-6,10,17H,3-4,7-8H2,1-2H3. The lowest BCUT2D eigenvalue weighted by molar-refractivity contribution is 0.136. The first kappa shape index (κ1) is 16.9. The molecule has 3 nitrogen and oxygen atoms in total. The van der Waals surface area contributed by atoms with Crippen molar-refractivity contribution in [2.75, 3.05) is 26.9 Å². The molecule has 1 aromatic rings. The summed E-state index contributed by atoms with van der Waals surface area (Å²) in [4.78, 5) is 0. The molecular formula is C13H18Cl3NO2. The molecule has 108 valence electrons. The maximum atomic E-state index is 6.05. The summed E-state index contributed by atoms with van der Waals surface area (Å²) in [5.41, 5.74) is 0. The van der Waals surface area contributed by atoms with Crippen molar-refractivity contribution in [2.24, 2.45) is 0 Å². The van der Waals surface area contributed by atoms with Gasteiger partial charge in [0.05, 0.1) is 22.7 Å². The number of hydrogen-bond donors (Lipinski definition) is 1. The lowest BCUT2D eigenvalue weighted by Crippen LogP contribution is -2.38. The molecule has 1 unspecified atom stereocenters. The van der Waals surface area contributed by atoms with Gasteiger partial charge in [-0.3, -0.25) is 0 Å². The Labute approximate surface area is 129 Å². The average molecular weight is 327 g/mol. The highest BCUT2D eigenvalue weighted by Gasteiger charge is 2.13. The molecule has 0 aliphatic carbocycles. The van der Waals surface area contributed by atoms with E-state index in [1.165, 1.54) is 0 Å². The van der Waals surface area contributed by atoms with Crippen LogP contribution < -0.4 is 10.1 Å². The summed E-state index contributed by atoms with van der Waals surface area (Å²) in [5.74, 6) is 0.451. The largest absolute Gasteiger partial charge is 0.489 e. The number of nitrogens with one attached hydrogen (secondary N) is 1. The lowest BCUT2D eigenvalue weighted by Gasteiger charge is -2.19. The Hall–Kier alpha value is -0.190. The molecule has 0 bridgehead atoms. The summed E-state index contributed by atoms with van der Waals surface area (Å²) in [6.45, 7) is 3.99. The first-order valence-electron chi connectivity index (χ1n) is 6.08. The molecule has 0 aromatic heterocycles. The Bertz CT molecular complexity index is 378. The van der Waals surface area contributed by atoms with Gasteiger partial charge in [0.1, 0.15) is 6.61 Å². The Morgan fingerprint density at radius 2 is 1.79 bits per heavy atom. The molecular weight excluding hydrogens is 309 g/mol. The van der Waals surface area contributed by atoms with Gasteiger partial charge in [-0.15, -0.1) is 0 Å². The number of benzene rings is 1. The van der Waals surface area contributed by atoms with Gasteiger partial charge in [-0.2, -0.15) is 0 Å². The van der Waals surface area contributed by atoms with Gasteiger partial charge in [-0.25, -0.2) is 0 Å². The molecule has 0 fully saturated rings. The van der Waals surface area contributed by atoms with Gasteiger partial charge in [-0.1, -0.05) is 41.7 Å². The van der Waals surface area contributed by atoms with E-state index in [4.69, 9.17) is 44.3 Å². The number of ether oxygens (including phenoxy) is 2. The third-order valence-corrected chi connectivity index (χ3v) is 3.22. The highest BCUT2D eigenvalue weighted by atomic mass is 35.5. The molecule has 1 atom stereocenters. The van der Waals surface area contributed by atoms with Crippen molar-refractivity contribution in [3.05, 3.63) is 27.2 Å². The molecule has 0 radical (unpaired) electrons. The summed E-state index contributed by atoms with van der Waals surface area (Å²) in [5, 5.41) is 4.63. The van der Waals surface area contributed by atoms with E-state index in [0.29, 0.717) is 34.0 Å². The van der Waals surface area contributed by atoms with Crippen molar-refractivity contribution in [3.8, 4) is 5.75 Å². The van der Waals surface area contributed by atoms with E-state index in [2.05, 4.69) is 12.2 Å². The number of methoxy groups -OCH3 is 1. The quantitative estimate of drug-likeness (QED) is 0.782. The maximum Gasteiger partial charge on any atom is 0.156 e. The van der Waals surface area contributed by atoms with Crippen LogP contribution in [-0.2, 0) is 4.74 Å². The fourth-order valence-corrected chi connectivity index (χ4v) is 2.49. The summed E-state index contributed by atoms with van der Waals surface area (Å²) in [7, 11) is 1.66. The van der Waals surface area contributed by atoms with Crippen LogP contribution in [0.1, 0.15) is 13.3 Å². The Balaban J connectivity index is 2.63. The molecule has 0 spiro atoms. The molecule has 0 aliphatic rings. The minimum Gasteiger partial charge on any atom is -0.489 e. The predicted octanol–water partition coefficient (Wildman–Crippen LogP) is 4.04. The summed E-state index contributed by atoms with van der Waals surface area (Å²) >= 11 is 18.0. The SMILES string of the molecule is CCCNC(COC)COc1c(Cl)cc(Cl)cc1Cl. The van der Waals surface area contributed by atoms with E-state index in [-0.39, 0.29) is 6.04 Å². The third kappa shape index (κ3) is 5.76. The van der Waals surface area contributed by atoms with Crippen LogP contribution in [-0.4, -0.2) is 32.9 Å². The smallest absolute Gasteiger partial charge is 0.156 e. The van der Waals surface area contributed by atoms with Crippen molar-refractivity contribution in [2.45, 2.75) is 19.4 Å². The highest BCUT2D eigenvalue weighted by molar-refractivity contribution is 6.40. The fraction of sp³-hybridized carbons (Fsp3) is 0.538. The van der Waals surface area contributed by atoms with Crippen LogP contribution >= 0.6 is 34.8 Å². The zero-order valence-electron chi connectivity index (χ0n) is 11.0. The Morgan fingerprint density at radius 1 is 1.16 bits per heavy atom. The van der Waals surface area contributed by atoms with Gasteiger partial charge >= 0.3 is 0 Å². The third-order valence-electron chi connectivity index (χ3n) is 2.44. The summed E-state index contributed by atoms with van der Waals surface area (Å²) in [6.07, 6.45) is 1.04. The average Bonchev–Trinajstić information content (AvgIpc) is 2.34. The second-order valence-electron chi connectivity index (χ2n) is 4.12. The van der Waals surface area contributed by atoms with E-state index >= 15 is 0 Å². The molecule has 6 heteroatoms. The number of hydrogen-bond acceptors (Lipinski definition) is 3. The topological polar surface area (TPSA) is 30.5 Å². The zero-order chi connectivity index (χ0) is 14.3. The molecule has 0 aliphatic heterocycles. The molecule has 0 heterocycles. The first-order valence-corrected chi connectivity index (χ1v) is 7.21. The van der Waals surface area contributed by atoms with Crippen molar-refractivity contribution in [1.29, 1.82) is 0 Å². The van der Waals surface area contributed by atoms with E-state index in [1.54, 1.807) is 19.2 Å². The van der Waals surface area contributed by atoms with Crippen molar-refractivity contribution in [3.63, 3.8) is 0 Å². The van der Waals surface area contributed by atoms with Crippen LogP contribution in [0.25, 0.3) is 0 Å². The van der Waals surface area contributed by atoms with Crippen LogP contribution in [0.4, 0.5) is 0 Å². The van der Waals surface area contributed by atoms with Gasteiger partial charge in [0.25, 0.3) is 0 Å². The van der Waals surface area contributed by atoms with E-state index in [9.17, 15) is 0 Å². The second-order valence-corrected chi connectivity index (χ2v) is 5.37. The number of rotatable bonds is 8. The minimum atomic E-state index is 0.0905. The van der Waals surface area contributed by atoms with Gasteiger partial charge < -0.3 is 14.8 Å². The van der Waals surface area contributed by atoms with Crippen molar-refractivity contribution in [1.82, 2.24) is 5.32 Å². The van der Waals surface area contributed by atoms with Crippen molar-refractivity contribution >= 4 is 34.8 Å². The maximum absolute atomic E-state index is 6.05. The molecule has 0 saturated carbocycles. The van der Waals surface area contributed by atoms with Crippen LogP contribution in [0.15, 0.2) is 12.1 Å². The van der Waals surface area contributed by atoms with Gasteiger partial charge in [-0.05, 0) is 25.1 Å². The Morgan fingerprint density at radius 3 is 2.32 bits per heavy atom. The fourth-order valence-electron chi connectivity index (χ4n) is 1.57. The van der Waals surface area contributed by atoms with Crippen molar-refractivity contribution < 1.29 is 9.47 Å². The lowest BCUT2D eigenvalue weighted by atomic mass is 10.3. The van der Waals surface area contributed by atoms with Crippen LogP contribution in [0.3, 0.4) is 0 Å². The summed E-state index contributed by atoms with van der Waals surface area (Å²) < 4.78 is 10.8. The monoisotopic (exact) mass is 325 g/mol. The van der Waals surface area contributed by atoms with Crippen LogP contribution in [0, 0.1) is 0 Å². The van der Waals surface area contributed by atoms with E-state index < -0.39 is 0 Å². The number of halogens is 3. The van der Waals surface area contributed by atoms with Gasteiger partial charge in [0.2, 0.25) is 0 Å². The van der Waals surface area contributed by atoms with Gasteiger partial charge in [0.15, 0.2) is 5.75 Å². The molecule has 0 amide bonds. The molecule has 1 rings (SSSR count). The molecule has 1 aromatic carbocycles. The molecule has 0 saturated heterocycles. The Kier molecular flexibility index (Phi) is 7.88. The van der Waals surface area contributed by atoms with E-state index in [1.807, 2.05) is 0 Å². The highest BCUT2D eigenvalue weighted by Crippen LogP contribution is 2.35. The minimum absolute atomic E-state index is 0.0905. The van der Waals surface area contributed by atoms with Crippen LogP contribution in [0.5, 0.6) is 5.75 Å². The molecule has 1 N–H and O–H groups in total. The van der Waals surface area contributed by atoms with Gasteiger partial charge in [0, 0.05) is 12.1 Å². The normalized spacial score (nSPS) is 12.5. The summed E-state index contributed by atoms with van der Waals surface area (Å²) in [6, 6.07) is 3.30. The van der Waals surface area contributed by atoms with Crippen LogP contribution in [0.2, 0.25) is 15.1 Å². The second kappa shape index (κ2) is 8.88. The first-order chi connectivity index (χ1) is 9.08. The zero-order valence-corrected chi connectivity index (χ0v) is 13.3. The molecule has 19 heavy (non-hydrogen) atoms. The van der Waals surface area contributed by atoms with E-state index in [0.717, 1.165) is 13.0 Å². The predicted molar refractivity (Wildman–Crippen MR) is 80.9 cm³/mol.